The molecule has 2 fully saturated rings. The van der Waals surface area contributed by atoms with Crippen LogP contribution in [-0.4, -0.2) is 29.3 Å². The van der Waals surface area contributed by atoms with Crippen LogP contribution < -0.4 is 10.8 Å². The average Bonchev–Trinajstić information content (AvgIpc) is 3.04. The summed E-state index contributed by atoms with van der Waals surface area (Å²) in [6, 6.07) is 7.36. The highest BCUT2D eigenvalue weighted by Crippen LogP contribution is 2.55. The third-order valence-corrected chi connectivity index (χ3v) is 5.18. The molecule has 1 spiro atoms. The first-order valence-corrected chi connectivity index (χ1v) is 7.81. The lowest BCUT2D eigenvalue weighted by Gasteiger charge is -2.18. The number of hydrogen-bond acceptors (Lipinski definition) is 4. The summed E-state index contributed by atoms with van der Waals surface area (Å²) in [6.45, 7) is 0.511. The summed E-state index contributed by atoms with van der Waals surface area (Å²) in [5.41, 5.74) is 4.74. The van der Waals surface area contributed by atoms with Gasteiger partial charge in [-0.3, -0.25) is 15.1 Å². The molecule has 1 saturated heterocycles. The molecule has 0 radical (unpaired) electrons. The van der Waals surface area contributed by atoms with Crippen LogP contribution in [0.1, 0.15) is 24.8 Å². The van der Waals surface area contributed by atoms with E-state index in [-0.39, 0.29) is 5.41 Å². The van der Waals surface area contributed by atoms with E-state index in [1.165, 1.54) is 5.56 Å². The summed E-state index contributed by atoms with van der Waals surface area (Å²) in [5, 5.41) is 12.9. The number of rotatable bonds is 3. The summed E-state index contributed by atoms with van der Waals surface area (Å²) in [7, 11) is 0. The molecule has 6 heteroatoms. The van der Waals surface area contributed by atoms with E-state index >= 15 is 0 Å². The monoisotopic (exact) mass is 320 g/mol. The fourth-order valence-electron chi connectivity index (χ4n) is 3.47. The van der Waals surface area contributed by atoms with Gasteiger partial charge < -0.3 is 10.4 Å². The highest BCUT2D eigenvalue weighted by atomic mass is 35.5. The smallest absolute Gasteiger partial charge is 0.320 e. The molecule has 3 aliphatic rings. The van der Waals surface area contributed by atoms with Crippen LogP contribution in [0.4, 0.5) is 0 Å². The van der Waals surface area contributed by atoms with Gasteiger partial charge >= 0.3 is 5.97 Å². The van der Waals surface area contributed by atoms with Crippen molar-refractivity contribution in [2.24, 2.45) is 0 Å². The van der Waals surface area contributed by atoms with Crippen molar-refractivity contribution >= 4 is 17.6 Å². The fourth-order valence-corrected chi connectivity index (χ4v) is 3.60. The van der Waals surface area contributed by atoms with E-state index in [1.807, 2.05) is 12.1 Å². The van der Waals surface area contributed by atoms with E-state index in [0.29, 0.717) is 13.0 Å². The maximum Gasteiger partial charge on any atom is 0.320 e. The number of aliphatic carboxylic acids is 1. The maximum atomic E-state index is 11.1. The molecule has 2 aliphatic heterocycles. The second-order valence-electron chi connectivity index (χ2n) is 6.39. The van der Waals surface area contributed by atoms with E-state index in [9.17, 15) is 4.79 Å². The fraction of sp³-hybridized carbons (Fsp3) is 0.438. The van der Waals surface area contributed by atoms with Crippen molar-refractivity contribution in [3.63, 3.8) is 0 Å². The predicted octanol–water partition coefficient (Wildman–Crippen LogP) is 1.98. The van der Waals surface area contributed by atoms with Crippen LogP contribution in [0, 0.1) is 0 Å². The predicted molar refractivity (Wildman–Crippen MR) is 81.4 cm³/mol. The Morgan fingerprint density at radius 1 is 1.32 bits per heavy atom. The number of benzene rings is 1. The van der Waals surface area contributed by atoms with Gasteiger partial charge in [-0.15, -0.1) is 0 Å². The number of carbonyl (C=O) groups is 1. The van der Waals surface area contributed by atoms with Gasteiger partial charge in [-0.05, 0) is 36.6 Å². The van der Waals surface area contributed by atoms with Crippen LogP contribution in [0.3, 0.4) is 0 Å². The standard InChI is InChI=1S/C16H17ClN2O3/c17-11-3-1-10(2-4-11)16(5-6-16)13-8-15(22-19-13)7-12(14(20)21)18-9-15/h1-4,8,12,18-19H,5-7,9H2,(H,20,21). The number of carboxylic acids is 1. The third kappa shape index (κ3) is 2.12. The Kier molecular flexibility index (Phi) is 3.01. The van der Waals surface area contributed by atoms with Crippen LogP contribution >= 0.6 is 11.6 Å². The first-order chi connectivity index (χ1) is 10.5. The molecule has 1 aliphatic carbocycles. The van der Waals surface area contributed by atoms with Crippen molar-refractivity contribution in [1.29, 1.82) is 0 Å². The lowest BCUT2D eigenvalue weighted by molar-refractivity contribution is -0.139. The summed E-state index contributed by atoms with van der Waals surface area (Å²) < 4.78 is 0. The van der Waals surface area contributed by atoms with Gasteiger partial charge in [0.25, 0.3) is 0 Å². The van der Waals surface area contributed by atoms with Gasteiger partial charge in [-0.1, -0.05) is 23.7 Å². The van der Waals surface area contributed by atoms with Crippen molar-refractivity contribution < 1.29 is 14.7 Å². The first-order valence-electron chi connectivity index (χ1n) is 7.43. The highest BCUT2D eigenvalue weighted by Gasteiger charge is 2.54. The lowest BCUT2D eigenvalue weighted by Crippen LogP contribution is -2.32. The SMILES string of the molecule is O=C(O)C1CC2(C=C(C3(c4ccc(Cl)cc4)CC3)NO2)CN1. The molecule has 2 atom stereocenters. The normalized spacial score (nSPS) is 31.9. The number of hydrogen-bond donors (Lipinski definition) is 3. The molecule has 0 bridgehead atoms. The van der Waals surface area contributed by atoms with Crippen LogP contribution in [0.15, 0.2) is 36.0 Å². The first kappa shape index (κ1) is 14.1. The Morgan fingerprint density at radius 2 is 2.05 bits per heavy atom. The minimum absolute atomic E-state index is 0.0323. The van der Waals surface area contributed by atoms with Crippen molar-refractivity contribution in [1.82, 2.24) is 10.8 Å². The molecule has 1 aromatic rings. The summed E-state index contributed by atoms with van der Waals surface area (Å²) >= 11 is 5.97. The summed E-state index contributed by atoms with van der Waals surface area (Å²) in [5.74, 6) is -0.832. The van der Waals surface area contributed by atoms with Crippen LogP contribution in [0.2, 0.25) is 5.02 Å². The largest absolute Gasteiger partial charge is 0.480 e. The molecule has 1 saturated carbocycles. The summed E-state index contributed by atoms with van der Waals surface area (Å²) in [6.07, 6.45) is 4.63. The lowest BCUT2D eigenvalue weighted by atomic mass is 9.89. The van der Waals surface area contributed by atoms with E-state index in [1.54, 1.807) is 0 Å². The minimum atomic E-state index is -0.832. The average molecular weight is 321 g/mol. The van der Waals surface area contributed by atoms with E-state index in [0.717, 1.165) is 23.6 Å². The molecular formula is C16H17ClN2O3. The van der Waals surface area contributed by atoms with Gasteiger partial charge in [0.15, 0.2) is 0 Å². The second kappa shape index (κ2) is 4.72. The molecule has 0 amide bonds. The molecule has 0 aromatic heterocycles. The number of carboxylic acid groups (broad SMARTS) is 1. The van der Waals surface area contributed by atoms with Gasteiger partial charge in [0.2, 0.25) is 0 Å². The van der Waals surface area contributed by atoms with Gasteiger partial charge in [-0.2, -0.15) is 0 Å². The zero-order valence-electron chi connectivity index (χ0n) is 11.9. The molecule has 116 valence electrons. The minimum Gasteiger partial charge on any atom is -0.480 e. The molecule has 5 nitrogen and oxygen atoms in total. The van der Waals surface area contributed by atoms with Gasteiger partial charge in [0.05, 0.1) is 0 Å². The van der Waals surface area contributed by atoms with Gasteiger partial charge in [0, 0.05) is 29.1 Å². The van der Waals surface area contributed by atoms with E-state index in [4.69, 9.17) is 21.5 Å². The van der Waals surface area contributed by atoms with E-state index < -0.39 is 17.6 Å². The Balaban J connectivity index is 1.60. The number of halogens is 1. The van der Waals surface area contributed by atoms with Crippen LogP contribution in [0.5, 0.6) is 0 Å². The summed E-state index contributed by atoms with van der Waals surface area (Å²) in [4.78, 5) is 16.9. The Labute approximate surface area is 133 Å². The van der Waals surface area contributed by atoms with Crippen LogP contribution in [-0.2, 0) is 15.0 Å². The number of hydroxylamine groups is 1. The highest BCUT2D eigenvalue weighted by molar-refractivity contribution is 6.30. The molecule has 4 rings (SSSR count). The number of allylic oxidation sites excluding steroid dienone is 1. The molecule has 3 N–H and O–H groups in total. The second-order valence-corrected chi connectivity index (χ2v) is 6.83. The third-order valence-electron chi connectivity index (χ3n) is 4.93. The van der Waals surface area contributed by atoms with E-state index in [2.05, 4.69) is 29.0 Å². The molecule has 2 unspecified atom stereocenters. The van der Waals surface area contributed by atoms with Crippen molar-refractivity contribution in [3.8, 4) is 0 Å². The van der Waals surface area contributed by atoms with Crippen molar-refractivity contribution in [3.05, 3.63) is 46.6 Å². The Morgan fingerprint density at radius 3 is 2.64 bits per heavy atom. The zero-order valence-corrected chi connectivity index (χ0v) is 12.7. The number of nitrogens with one attached hydrogen (secondary N) is 2. The van der Waals surface area contributed by atoms with Crippen molar-refractivity contribution in [2.75, 3.05) is 6.54 Å². The van der Waals surface area contributed by atoms with Crippen molar-refractivity contribution in [2.45, 2.75) is 36.3 Å². The maximum absolute atomic E-state index is 11.1. The van der Waals surface area contributed by atoms with Crippen LogP contribution in [0.25, 0.3) is 0 Å². The Bertz CT molecular complexity index is 654. The molecular weight excluding hydrogens is 304 g/mol. The van der Waals surface area contributed by atoms with Gasteiger partial charge in [0.1, 0.15) is 11.6 Å². The molecule has 2 heterocycles. The quantitative estimate of drug-likeness (QED) is 0.794. The zero-order chi connectivity index (χ0) is 15.4. The molecule has 1 aromatic carbocycles. The van der Waals surface area contributed by atoms with Gasteiger partial charge in [-0.25, -0.2) is 0 Å². The topological polar surface area (TPSA) is 70.6 Å². The Hall–Kier alpha value is -1.56. The molecule has 22 heavy (non-hydrogen) atoms.